The summed E-state index contributed by atoms with van der Waals surface area (Å²) in [6.45, 7) is 2.13. The van der Waals surface area contributed by atoms with Crippen molar-refractivity contribution in [3.63, 3.8) is 0 Å². The smallest absolute Gasteiger partial charge is 0.258 e. The van der Waals surface area contributed by atoms with Crippen LogP contribution in [0.4, 0.5) is 0 Å². The largest absolute Gasteiger partial charge is 0.481 e. The number of pyridine rings is 1. The molecule has 22 heavy (non-hydrogen) atoms. The van der Waals surface area contributed by atoms with Gasteiger partial charge in [0.05, 0.1) is 5.02 Å². The molecule has 0 aliphatic carbocycles. The van der Waals surface area contributed by atoms with Crippen LogP contribution in [0.3, 0.4) is 0 Å². The van der Waals surface area contributed by atoms with Crippen molar-refractivity contribution in [1.29, 1.82) is 0 Å². The van der Waals surface area contributed by atoms with Crippen LogP contribution in [0, 0.1) is 0 Å². The average molecular weight is 367 g/mol. The third-order valence-corrected chi connectivity index (χ3v) is 3.13. The quantitative estimate of drug-likeness (QED) is 0.852. The van der Waals surface area contributed by atoms with E-state index in [1.807, 2.05) is 13.0 Å². The Morgan fingerprint density at radius 3 is 2.82 bits per heavy atom. The molecule has 0 saturated carbocycles. The average Bonchev–Trinajstić information content (AvgIpc) is 2.46. The van der Waals surface area contributed by atoms with Gasteiger partial charge in [0.15, 0.2) is 6.61 Å². The molecule has 0 fully saturated rings. The second-order valence-corrected chi connectivity index (χ2v) is 4.85. The normalized spacial score (nSPS) is 11.0. The van der Waals surface area contributed by atoms with E-state index >= 15 is 0 Å². The summed E-state index contributed by atoms with van der Waals surface area (Å²) in [6, 6.07) is 7.01. The van der Waals surface area contributed by atoms with Crippen LogP contribution < -0.4 is 15.8 Å². The summed E-state index contributed by atoms with van der Waals surface area (Å²) >= 11 is 6.09. The maximum Gasteiger partial charge on any atom is 0.258 e. The van der Waals surface area contributed by atoms with Crippen LogP contribution >= 0.6 is 36.4 Å². The number of aromatic nitrogens is 1. The van der Waals surface area contributed by atoms with E-state index in [-0.39, 0.29) is 43.4 Å². The highest BCUT2D eigenvalue weighted by Gasteiger charge is 2.10. The minimum absolute atomic E-state index is 0. The van der Waals surface area contributed by atoms with Crippen molar-refractivity contribution in [2.24, 2.45) is 5.73 Å². The van der Waals surface area contributed by atoms with Gasteiger partial charge in [-0.3, -0.25) is 9.78 Å². The lowest BCUT2D eigenvalue weighted by atomic mass is 10.2. The Morgan fingerprint density at radius 2 is 2.14 bits per heavy atom. The second kappa shape index (κ2) is 9.69. The molecular weight excluding hydrogens is 349 g/mol. The van der Waals surface area contributed by atoms with Crippen molar-refractivity contribution in [2.75, 3.05) is 13.2 Å². The van der Waals surface area contributed by atoms with Crippen molar-refractivity contribution in [3.8, 4) is 5.75 Å². The number of carbonyl (C=O) groups is 1. The molecule has 1 amide bonds. The number of carbonyl (C=O) groups excluding carboxylic acids is 1. The van der Waals surface area contributed by atoms with Crippen molar-refractivity contribution in [3.05, 3.63) is 35.5 Å². The van der Waals surface area contributed by atoms with Crippen molar-refractivity contribution in [1.82, 2.24) is 10.3 Å². The number of nitrogens with zero attached hydrogens (tertiary/aromatic N) is 1. The molecule has 1 heterocycles. The van der Waals surface area contributed by atoms with Gasteiger partial charge in [0, 0.05) is 24.2 Å². The molecule has 3 N–H and O–H groups in total. The predicted octanol–water partition coefficient (Wildman–Crippen LogP) is 2.57. The number of ether oxygens (including phenoxy) is 1. The predicted molar refractivity (Wildman–Crippen MR) is 93.4 cm³/mol. The minimum atomic E-state index is -0.220. The van der Waals surface area contributed by atoms with Crippen LogP contribution in [0.2, 0.25) is 5.02 Å². The fourth-order valence-electron chi connectivity index (χ4n) is 1.75. The topological polar surface area (TPSA) is 77.2 Å². The van der Waals surface area contributed by atoms with Crippen LogP contribution in [0.5, 0.6) is 5.75 Å². The second-order valence-electron chi connectivity index (χ2n) is 4.44. The first kappa shape index (κ1) is 20.7. The number of hydrogen-bond acceptors (Lipinski definition) is 4. The molecule has 0 aliphatic heterocycles. The number of hydrogen-bond donors (Lipinski definition) is 2. The lowest BCUT2D eigenvalue weighted by molar-refractivity contribution is -0.123. The Kier molecular flexibility index (Phi) is 9.13. The number of amides is 1. The van der Waals surface area contributed by atoms with Gasteiger partial charge in [-0.25, -0.2) is 0 Å². The third-order valence-electron chi connectivity index (χ3n) is 2.80. The van der Waals surface area contributed by atoms with Crippen LogP contribution in [-0.2, 0) is 4.79 Å². The Hall–Kier alpha value is -1.27. The van der Waals surface area contributed by atoms with Gasteiger partial charge in [-0.2, -0.15) is 0 Å². The number of halogens is 3. The monoisotopic (exact) mass is 365 g/mol. The molecule has 0 radical (unpaired) electrons. The highest BCUT2D eigenvalue weighted by atomic mass is 35.5. The van der Waals surface area contributed by atoms with E-state index in [9.17, 15) is 4.79 Å². The fourth-order valence-corrected chi connectivity index (χ4v) is 1.96. The molecule has 5 nitrogen and oxygen atoms in total. The maximum absolute atomic E-state index is 11.7. The van der Waals surface area contributed by atoms with Crippen molar-refractivity contribution in [2.45, 2.75) is 13.0 Å². The molecule has 1 atom stereocenters. The van der Waals surface area contributed by atoms with E-state index < -0.39 is 0 Å². The summed E-state index contributed by atoms with van der Waals surface area (Å²) < 4.78 is 5.51. The molecule has 2 aromatic rings. The highest BCUT2D eigenvalue weighted by Crippen LogP contribution is 2.29. The fraction of sp³-hybridized carbons (Fsp3) is 0.286. The summed E-state index contributed by atoms with van der Waals surface area (Å²) in [7, 11) is 0. The number of nitrogens with two attached hydrogens (primary N) is 1. The lowest BCUT2D eigenvalue weighted by Crippen LogP contribution is -2.40. The molecule has 0 bridgehead atoms. The van der Waals surface area contributed by atoms with Crippen LogP contribution in [-0.4, -0.2) is 30.1 Å². The standard InChI is InChI=1S/C14H16ClN3O2.2ClH/c1-9(7-16)18-13(19)8-20-12-5-4-11(15)10-3-2-6-17-14(10)12;;/h2-6,9H,7-8,16H2,1H3,(H,18,19);2*1H/t9-;;/m0../s1. The van der Waals surface area contributed by atoms with Crippen LogP contribution in [0.1, 0.15) is 6.92 Å². The molecule has 0 saturated heterocycles. The molecule has 0 unspecified atom stereocenters. The Morgan fingerprint density at radius 1 is 1.41 bits per heavy atom. The number of benzene rings is 1. The number of rotatable bonds is 5. The summed E-state index contributed by atoms with van der Waals surface area (Å²) in [6.07, 6.45) is 1.65. The molecule has 2 rings (SSSR count). The first-order valence-corrected chi connectivity index (χ1v) is 6.65. The Labute approximate surface area is 146 Å². The zero-order valence-electron chi connectivity index (χ0n) is 11.9. The first-order chi connectivity index (χ1) is 9.61. The maximum atomic E-state index is 11.7. The van der Waals surface area contributed by atoms with Crippen LogP contribution in [0.25, 0.3) is 10.9 Å². The highest BCUT2D eigenvalue weighted by molar-refractivity contribution is 6.35. The van der Waals surface area contributed by atoms with Gasteiger partial charge < -0.3 is 15.8 Å². The van der Waals surface area contributed by atoms with Gasteiger partial charge in [-0.1, -0.05) is 11.6 Å². The molecule has 8 heteroatoms. The van der Waals surface area contributed by atoms with E-state index in [0.29, 0.717) is 22.8 Å². The zero-order chi connectivity index (χ0) is 14.5. The number of fused-ring (bicyclic) bond motifs is 1. The van der Waals surface area contributed by atoms with E-state index in [2.05, 4.69) is 10.3 Å². The summed E-state index contributed by atoms with van der Waals surface area (Å²) in [5, 5.41) is 4.12. The molecule has 1 aromatic carbocycles. The Bertz CT molecular complexity index is 625. The van der Waals surface area contributed by atoms with E-state index in [0.717, 1.165) is 5.39 Å². The lowest BCUT2D eigenvalue weighted by Gasteiger charge is -2.13. The van der Waals surface area contributed by atoms with E-state index in [1.54, 1.807) is 24.4 Å². The van der Waals surface area contributed by atoms with Gasteiger partial charge >= 0.3 is 0 Å². The molecular formula is C14H18Cl3N3O2. The third kappa shape index (κ3) is 5.18. The minimum Gasteiger partial charge on any atom is -0.481 e. The Balaban J connectivity index is 0.00000220. The summed E-state index contributed by atoms with van der Waals surface area (Å²) in [5.74, 6) is 0.308. The SMILES string of the molecule is C[C@@H](CN)NC(=O)COc1ccc(Cl)c2cccnc12.Cl.Cl. The van der Waals surface area contributed by atoms with Gasteiger partial charge in [0.2, 0.25) is 0 Å². The summed E-state index contributed by atoms with van der Waals surface area (Å²) in [5.41, 5.74) is 6.08. The van der Waals surface area contributed by atoms with Crippen LogP contribution in [0.15, 0.2) is 30.5 Å². The molecule has 1 aromatic heterocycles. The number of nitrogens with one attached hydrogen (secondary N) is 1. The van der Waals surface area contributed by atoms with Gasteiger partial charge in [-0.05, 0) is 31.2 Å². The zero-order valence-corrected chi connectivity index (χ0v) is 14.3. The molecule has 122 valence electrons. The van der Waals surface area contributed by atoms with E-state index in [4.69, 9.17) is 22.1 Å². The molecule has 0 aliphatic rings. The van der Waals surface area contributed by atoms with E-state index in [1.165, 1.54) is 0 Å². The van der Waals surface area contributed by atoms with Gasteiger partial charge in [0.25, 0.3) is 5.91 Å². The summed E-state index contributed by atoms with van der Waals surface area (Å²) in [4.78, 5) is 15.9. The van der Waals surface area contributed by atoms with Crippen molar-refractivity contribution < 1.29 is 9.53 Å². The first-order valence-electron chi connectivity index (χ1n) is 6.27. The van der Waals surface area contributed by atoms with Gasteiger partial charge in [0.1, 0.15) is 11.3 Å². The van der Waals surface area contributed by atoms with Crippen molar-refractivity contribution >= 4 is 53.2 Å². The molecule has 0 spiro atoms. The van der Waals surface area contributed by atoms with Gasteiger partial charge in [-0.15, -0.1) is 24.8 Å².